The van der Waals surface area contributed by atoms with E-state index in [9.17, 15) is 0 Å². The van der Waals surface area contributed by atoms with E-state index in [1.165, 1.54) is 10.8 Å². The minimum atomic E-state index is -0.0614. The van der Waals surface area contributed by atoms with Gasteiger partial charge in [-0.25, -0.2) is 4.98 Å². The van der Waals surface area contributed by atoms with Crippen molar-refractivity contribution in [2.45, 2.75) is 26.2 Å². The summed E-state index contributed by atoms with van der Waals surface area (Å²) >= 11 is 5.35. The predicted molar refractivity (Wildman–Crippen MR) is 91.1 cm³/mol. The molecule has 0 atom stereocenters. The molecule has 0 saturated heterocycles. The lowest BCUT2D eigenvalue weighted by molar-refractivity contribution is 0.545. The molecule has 3 aromatic rings. The van der Waals surface area contributed by atoms with Gasteiger partial charge in [-0.2, -0.15) is 0 Å². The lowest BCUT2D eigenvalue weighted by Gasteiger charge is -2.18. The summed E-state index contributed by atoms with van der Waals surface area (Å²) in [5.74, 6) is 0.915. The Kier molecular flexibility index (Phi) is 3.38. The van der Waals surface area contributed by atoms with Gasteiger partial charge in [0.1, 0.15) is 10.5 Å². The zero-order valence-corrected chi connectivity index (χ0v) is 13.3. The minimum Gasteiger partial charge on any atom is -0.343 e. The third kappa shape index (κ3) is 2.74. The molecule has 0 aliphatic rings. The highest BCUT2D eigenvalue weighted by Crippen LogP contribution is 2.28. The number of H-pyrrole nitrogens is 1. The second kappa shape index (κ2) is 5.08. The van der Waals surface area contributed by atoms with Gasteiger partial charge in [-0.3, -0.25) is 0 Å². The molecule has 21 heavy (non-hydrogen) atoms. The van der Waals surface area contributed by atoms with Crippen LogP contribution in [-0.2, 0) is 5.41 Å². The molecule has 0 radical (unpaired) electrons. The summed E-state index contributed by atoms with van der Waals surface area (Å²) in [5, 5.41) is 2.44. The van der Waals surface area contributed by atoms with E-state index in [0.717, 1.165) is 17.1 Å². The lowest BCUT2D eigenvalue weighted by atomic mass is 9.95. The van der Waals surface area contributed by atoms with Crippen molar-refractivity contribution in [1.29, 1.82) is 0 Å². The SMILES string of the molecule is CC(C)(C)c1nc(=S)cc(-c2cccc3ccccc23)[nH]1. The number of rotatable bonds is 1. The molecule has 0 aliphatic heterocycles. The quantitative estimate of drug-likeness (QED) is 0.620. The highest BCUT2D eigenvalue weighted by Gasteiger charge is 2.17. The third-order valence-corrected chi connectivity index (χ3v) is 3.74. The second-order valence-electron chi connectivity index (χ2n) is 6.26. The van der Waals surface area contributed by atoms with E-state index in [2.05, 4.69) is 73.2 Å². The Morgan fingerprint density at radius 2 is 1.71 bits per heavy atom. The standard InChI is InChI=1S/C18H18N2S/c1-18(2,3)17-19-15(11-16(21)20-17)14-10-6-8-12-7-4-5-9-13(12)14/h4-11H,1-3H3,(H,19,20,21). The minimum absolute atomic E-state index is 0.0614. The van der Waals surface area contributed by atoms with Crippen molar-refractivity contribution >= 4 is 23.0 Å². The summed E-state index contributed by atoms with van der Waals surface area (Å²) in [4.78, 5) is 7.93. The molecule has 0 bridgehead atoms. The number of benzene rings is 2. The molecule has 3 heteroatoms. The Labute approximate surface area is 129 Å². The fraction of sp³-hybridized carbons (Fsp3) is 0.222. The van der Waals surface area contributed by atoms with Gasteiger partial charge in [0, 0.05) is 11.0 Å². The highest BCUT2D eigenvalue weighted by atomic mass is 32.1. The third-order valence-electron chi connectivity index (χ3n) is 3.53. The van der Waals surface area contributed by atoms with Crippen LogP contribution in [0.3, 0.4) is 0 Å². The average Bonchev–Trinajstić information content (AvgIpc) is 2.45. The first kappa shape index (κ1) is 14.0. The lowest BCUT2D eigenvalue weighted by Crippen LogP contribution is -2.16. The number of hydrogen-bond donors (Lipinski definition) is 1. The van der Waals surface area contributed by atoms with Crippen LogP contribution in [0.25, 0.3) is 22.0 Å². The van der Waals surface area contributed by atoms with Crippen LogP contribution in [0.1, 0.15) is 26.6 Å². The molecule has 1 N–H and O–H groups in total. The van der Waals surface area contributed by atoms with Gasteiger partial charge >= 0.3 is 0 Å². The predicted octanol–water partition coefficient (Wildman–Crippen LogP) is 5.26. The van der Waals surface area contributed by atoms with Crippen molar-refractivity contribution in [2.75, 3.05) is 0 Å². The molecule has 2 nitrogen and oxygen atoms in total. The second-order valence-corrected chi connectivity index (χ2v) is 6.68. The van der Waals surface area contributed by atoms with E-state index in [0.29, 0.717) is 4.64 Å². The van der Waals surface area contributed by atoms with Gasteiger partial charge in [0.2, 0.25) is 0 Å². The fourth-order valence-electron chi connectivity index (χ4n) is 2.42. The van der Waals surface area contributed by atoms with Gasteiger partial charge in [0.25, 0.3) is 0 Å². The molecule has 0 unspecified atom stereocenters. The summed E-state index contributed by atoms with van der Waals surface area (Å²) in [6, 6.07) is 16.6. The number of fused-ring (bicyclic) bond motifs is 1. The molecule has 2 aromatic carbocycles. The van der Waals surface area contributed by atoms with Gasteiger partial charge in [-0.15, -0.1) is 0 Å². The smallest absolute Gasteiger partial charge is 0.130 e. The molecule has 1 heterocycles. The van der Waals surface area contributed by atoms with Gasteiger partial charge < -0.3 is 4.98 Å². The van der Waals surface area contributed by atoms with E-state index in [1.807, 2.05) is 6.07 Å². The van der Waals surface area contributed by atoms with Crippen LogP contribution in [0, 0.1) is 4.64 Å². The van der Waals surface area contributed by atoms with Crippen molar-refractivity contribution in [3.63, 3.8) is 0 Å². The van der Waals surface area contributed by atoms with Crippen LogP contribution in [-0.4, -0.2) is 9.97 Å². The topological polar surface area (TPSA) is 28.7 Å². The van der Waals surface area contributed by atoms with Crippen molar-refractivity contribution in [3.8, 4) is 11.3 Å². The van der Waals surface area contributed by atoms with E-state index in [-0.39, 0.29) is 5.41 Å². The van der Waals surface area contributed by atoms with Crippen molar-refractivity contribution in [3.05, 3.63) is 59.0 Å². The van der Waals surface area contributed by atoms with Crippen LogP contribution in [0.15, 0.2) is 48.5 Å². The molecule has 106 valence electrons. The van der Waals surface area contributed by atoms with E-state index in [1.54, 1.807) is 0 Å². The molecule has 0 saturated carbocycles. The maximum atomic E-state index is 5.35. The molecule has 0 aliphatic carbocycles. The fourth-order valence-corrected chi connectivity index (χ4v) is 2.63. The van der Waals surface area contributed by atoms with Gasteiger partial charge in [-0.1, -0.05) is 75.5 Å². The number of nitrogens with one attached hydrogen (secondary N) is 1. The summed E-state index contributed by atoms with van der Waals surface area (Å²) in [6.07, 6.45) is 0. The van der Waals surface area contributed by atoms with E-state index < -0.39 is 0 Å². The van der Waals surface area contributed by atoms with Crippen molar-refractivity contribution in [2.24, 2.45) is 0 Å². The van der Waals surface area contributed by atoms with Crippen LogP contribution >= 0.6 is 12.2 Å². The summed E-state index contributed by atoms with van der Waals surface area (Å²) in [5.41, 5.74) is 2.12. The summed E-state index contributed by atoms with van der Waals surface area (Å²) in [7, 11) is 0. The molecule has 3 rings (SSSR count). The van der Waals surface area contributed by atoms with Crippen molar-refractivity contribution < 1.29 is 0 Å². The maximum absolute atomic E-state index is 5.35. The number of aromatic amines is 1. The van der Waals surface area contributed by atoms with Crippen LogP contribution in [0.5, 0.6) is 0 Å². The number of hydrogen-bond acceptors (Lipinski definition) is 2. The maximum Gasteiger partial charge on any atom is 0.130 e. The van der Waals surface area contributed by atoms with E-state index in [4.69, 9.17) is 12.2 Å². The highest BCUT2D eigenvalue weighted by molar-refractivity contribution is 7.71. The van der Waals surface area contributed by atoms with Gasteiger partial charge in [0.05, 0.1) is 5.69 Å². The summed E-state index contributed by atoms with van der Waals surface area (Å²) in [6.45, 7) is 6.40. The normalized spacial score (nSPS) is 11.8. The Balaban J connectivity index is 2.29. The zero-order chi connectivity index (χ0) is 15.0. The largest absolute Gasteiger partial charge is 0.343 e. The molecule has 1 aromatic heterocycles. The van der Waals surface area contributed by atoms with Crippen molar-refractivity contribution in [1.82, 2.24) is 9.97 Å². The van der Waals surface area contributed by atoms with Crippen LogP contribution in [0.2, 0.25) is 0 Å². The number of nitrogens with zero attached hydrogens (tertiary/aromatic N) is 1. The number of aromatic nitrogens is 2. The van der Waals surface area contributed by atoms with Gasteiger partial charge in [-0.05, 0) is 16.8 Å². The molecule has 0 spiro atoms. The Hall–Kier alpha value is -2.00. The van der Waals surface area contributed by atoms with E-state index >= 15 is 0 Å². The summed E-state index contributed by atoms with van der Waals surface area (Å²) < 4.78 is 0.626. The Bertz CT molecular complexity index is 851. The molecular formula is C18H18N2S. The first-order chi connectivity index (χ1) is 9.95. The first-order valence-electron chi connectivity index (χ1n) is 7.05. The zero-order valence-electron chi connectivity index (χ0n) is 12.5. The molecule has 0 amide bonds. The Morgan fingerprint density at radius 3 is 2.48 bits per heavy atom. The molecular weight excluding hydrogens is 276 g/mol. The van der Waals surface area contributed by atoms with Gasteiger partial charge in [0.15, 0.2) is 0 Å². The molecule has 0 fully saturated rings. The monoisotopic (exact) mass is 294 g/mol. The van der Waals surface area contributed by atoms with Crippen LogP contribution in [0.4, 0.5) is 0 Å². The first-order valence-corrected chi connectivity index (χ1v) is 7.46. The Morgan fingerprint density at radius 1 is 1.00 bits per heavy atom. The van der Waals surface area contributed by atoms with Crippen LogP contribution < -0.4 is 0 Å². The average molecular weight is 294 g/mol.